The second kappa shape index (κ2) is 10.3. The first-order valence-corrected chi connectivity index (χ1v) is 11.3. The van der Waals surface area contributed by atoms with Crippen LogP contribution in [-0.4, -0.2) is 35.0 Å². The van der Waals surface area contributed by atoms with Gasteiger partial charge in [0, 0.05) is 37.1 Å². The molecule has 0 saturated carbocycles. The summed E-state index contributed by atoms with van der Waals surface area (Å²) in [6.45, 7) is 3.33. The molecule has 166 valence electrons. The molecule has 2 aromatic carbocycles. The van der Waals surface area contributed by atoms with Crippen LogP contribution in [0, 0.1) is 5.92 Å². The summed E-state index contributed by atoms with van der Waals surface area (Å²) in [5, 5.41) is 6.92. The topological polar surface area (TPSA) is 75.4 Å². The molecule has 0 radical (unpaired) electrons. The zero-order chi connectivity index (χ0) is 22.3. The molecular weight excluding hydrogens is 402 g/mol. The number of rotatable bonds is 7. The van der Waals surface area contributed by atoms with Crippen molar-refractivity contribution in [3.05, 3.63) is 71.8 Å². The highest BCUT2D eigenvalue weighted by atomic mass is 16.5. The maximum Gasteiger partial charge on any atom is 0.231 e. The van der Waals surface area contributed by atoms with E-state index in [0.717, 1.165) is 18.4 Å². The Labute approximate surface area is 188 Å². The third-order valence-electron chi connectivity index (χ3n) is 6.10. The summed E-state index contributed by atoms with van der Waals surface area (Å²) < 4.78 is 5.32. The number of carbonyl (C=O) groups is 2. The number of amides is 2. The Kier molecular flexibility index (Phi) is 7.00. The molecule has 6 nitrogen and oxygen atoms in total. The number of aromatic nitrogens is 1. The van der Waals surface area contributed by atoms with Gasteiger partial charge in [0.1, 0.15) is 5.69 Å². The average Bonchev–Trinajstić information content (AvgIpc) is 3.31. The Morgan fingerprint density at radius 1 is 1.03 bits per heavy atom. The summed E-state index contributed by atoms with van der Waals surface area (Å²) in [6, 6.07) is 19.9. The van der Waals surface area contributed by atoms with Crippen LogP contribution in [0.5, 0.6) is 0 Å². The van der Waals surface area contributed by atoms with Crippen LogP contribution in [0.3, 0.4) is 0 Å². The average molecular weight is 432 g/mol. The Balaban J connectivity index is 1.25. The molecule has 1 saturated heterocycles. The molecule has 32 heavy (non-hydrogen) atoms. The van der Waals surface area contributed by atoms with Crippen molar-refractivity contribution in [2.24, 2.45) is 5.92 Å². The Hall–Kier alpha value is -3.41. The zero-order valence-corrected chi connectivity index (χ0v) is 18.4. The van der Waals surface area contributed by atoms with Gasteiger partial charge in [-0.1, -0.05) is 66.7 Å². The lowest BCUT2D eigenvalue weighted by Gasteiger charge is -2.31. The number of anilines is 1. The van der Waals surface area contributed by atoms with E-state index in [4.69, 9.17) is 4.52 Å². The van der Waals surface area contributed by atoms with Gasteiger partial charge in [-0.2, -0.15) is 0 Å². The van der Waals surface area contributed by atoms with Crippen molar-refractivity contribution in [2.75, 3.05) is 18.4 Å². The van der Waals surface area contributed by atoms with Gasteiger partial charge in [0.05, 0.1) is 0 Å². The number of aryl methyl sites for hydroxylation is 2. The van der Waals surface area contributed by atoms with Gasteiger partial charge in [-0.25, -0.2) is 0 Å². The molecule has 0 bridgehead atoms. The molecule has 1 aromatic heterocycles. The van der Waals surface area contributed by atoms with Gasteiger partial charge in [-0.3, -0.25) is 14.9 Å². The molecule has 0 atom stereocenters. The quantitative estimate of drug-likeness (QED) is 0.588. The number of piperidine rings is 1. The summed E-state index contributed by atoms with van der Waals surface area (Å²) in [4.78, 5) is 27.1. The number of nitrogens with zero attached hydrogens (tertiary/aromatic N) is 2. The van der Waals surface area contributed by atoms with Gasteiger partial charge in [0.15, 0.2) is 0 Å². The minimum Gasteiger partial charge on any atom is -0.343 e. The van der Waals surface area contributed by atoms with E-state index in [0.29, 0.717) is 43.9 Å². The largest absolute Gasteiger partial charge is 0.343 e. The Morgan fingerprint density at radius 2 is 1.75 bits per heavy atom. The van der Waals surface area contributed by atoms with Gasteiger partial charge < -0.3 is 9.42 Å². The van der Waals surface area contributed by atoms with E-state index in [1.54, 1.807) is 6.07 Å². The van der Waals surface area contributed by atoms with Crippen LogP contribution in [-0.2, 0) is 22.4 Å². The summed E-state index contributed by atoms with van der Waals surface area (Å²) >= 11 is 0. The van der Waals surface area contributed by atoms with E-state index in [2.05, 4.69) is 29.5 Å². The van der Waals surface area contributed by atoms with Crippen molar-refractivity contribution >= 4 is 17.7 Å². The molecule has 2 heterocycles. The molecule has 0 spiro atoms. The van der Waals surface area contributed by atoms with Crippen LogP contribution in [0.4, 0.5) is 5.88 Å². The van der Waals surface area contributed by atoms with E-state index in [9.17, 15) is 9.59 Å². The van der Waals surface area contributed by atoms with Crippen molar-refractivity contribution in [1.82, 2.24) is 10.1 Å². The van der Waals surface area contributed by atoms with Crippen LogP contribution >= 0.6 is 0 Å². The van der Waals surface area contributed by atoms with Crippen molar-refractivity contribution in [3.8, 4) is 11.3 Å². The number of benzene rings is 2. The summed E-state index contributed by atoms with van der Waals surface area (Å²) in [5.74, 6) is 0.295. The lowest BCUT2D eigenvalue weighted by molar-refractivity contribution is -0.134. The molecule has 1 N–H and O–H groups in total. The molecule has 0 unspecified atom stereocenters. The molecule has 4 rings (SSSR count). The van der Waals surface area contributed by atoms with E-state index >= 15 is 0 Å². The maximum absolute atomic E-state index is 12.7. The van der Waals surface area contributed by atoms with Gasteiger partial charge in [0.2, 0.25) is 17.7 Å². The lowest BCUT2D eigenvalue weighted by atomic mass is 9.95. The van der Waals surface area contributed by atoms with Crippen LogP contribution < -0.4 is 5.32 Å². The van der Waals surface area contributed by atoms with Crippen LogP contribution in [0.15, 0.2) is 65.2 Å². The van der Waals surface area contributed by atoms with Crippen LogP contribution in [0.2, 0.25) is 0 Å². The fourth-order valence-electron chi connectivity index (χ4n) is 4.05. The predicted octanol–water partition coefficient (Wildman–Crippen LogP) is 4.71. The standard InChI is InChI=1S/C26H29N3O3/c1-2-19-8-11-21(12-9-19)23-18-24(32-28-23)27-26(31)22-14-16-29(17-15-22)25(30)13-10-20-6-4-3-5-7-20/h3-9,11-12,18,22H,2,10,13-17H2,1H3,(H,27,31). The van der Waals surface area contributed by atoms with Crippen molar-refractivity contribution in [3.63, 3.8) is 0 Å². The third kappa shape index (κ3) is 5.44. The minimum absolute atomic E-state index is 0.0783. The van der Waals surface area contributed by atoms with Crippen LogP contribution in [0.25, 0.3) is 11.3 Å². The lowest BCUT2D eigenvalue weighted by Crippen LogP contribution is -2.41. The second-order valence-corrected chi connectivity index (χ2v) is 8.26. The van der Waals surface area contributed by atoms with Crippen molar-refractivity contribution < 1.29 is 14.1 Å². The molecule has 1 aliphatic heterocycles. The number of likely N-dealkylation sites (tertiary alicyclic amines) is 1. The van der Waals surface area contributed by atoms with E-state index in [1.807, 2.05) is 47.4 Å². The summed E-state index contributed by atoms with van der Waals surface area (Å²) in [6.07, 6.45) is 3.54. The molecule has 3 aromatic rings. The van der Waals surface area contributed by atoms with Crippen LogP contribution in [0.1, 0.15) is 37.3 Å². The fraction of sp³-hybridized carbons (Fsp3) is 0.346. The SMILES string of the molecule is CCc1ccc(-c2cc(NC(=O)C3CCN(C(=O)CCc4ccccc4)CC3)on2)cc1. The smallest absolute Gasteiger partial charge is 0.231 e. The number of hydrogen-bond acceptors (Lipinski definition) is 4. The minimum atomic E-state index is -0.134. The van der Waals surface area contributed by atoms with Gasteiger partial charge in [-0.05, 0) is 36.8 Å². The molecule has 1 aliphatic rings. The first-order chi connectivity index (χ1) is 15.6. The first-order valence-electron chi connectivity index (χ1n) is 11.3. The zero-order valence-electron chi connectivity index (χ0n) is 18.4. The highest BCUT2D eigenvalue weighted by Gasteiger charge is 2.27. The first kappa shape index (κ1) is 21.8. The summed E-state index contributed by atoms with van der Waals surface area (Å²) in [7, 11) is 0. The molecule has 6 heteroatoms. The van der Waals surface area contributed by atoms with E-state index < -0.39 is 0 Å². The van der Waals surface area contributed by atoms with Gasteiger partial charge in [0.25, 0.3) is 0 Å². The second-order valence-electron chi connectivity index (χ2n) is 8.26. The van der Waals surface area contributed by atoms with Crippen molar-refractivity contribution in [1.29, 1.82) is 0 Å². The highest BCUT2D eigenvalue weighted by Crippen LogP contribution is 2.24. The maximum atomic E-state index is 12.7. The molecular formula is C26H29N3O3. The third-order valence-corrected chi connectivity index (χ3v) is 6.10. The van der Waals surface area contributed by atoms with E-state index in [-0.39, 0.29) is 17.7 Å². The number of carbonyl (C=O) groups excluding carboxylic acids is 2. The van der Waals surface area contributed by atoms with Gasteiger partial charge in [-0.15, -0.1) is 0 Å². The Bertz CT molecular complexity index is 1040. The molecule has 1 fully saturated rings. The normalized spacial score (nSPS) is 14.3. The monoisotopic (exact) mass is 431 g/mol. The predicted molar refractivity (Wildman–Crippen MR) is 124 cm³/mol. The van der Waals surface area contributed by atoms with Gasteiger partial charge >= 0.3 is 0 Å². The fourth-order valence-corrected chi connectivity index (χ4v) is 4.05. The molecule has 0 aliphatic carbocycles. The van der Waals surface area contributed by atoms with Crippen molar-refractivity contribution in [2.45, 2.75) is 39.0 Å². The van der Waals surface area contributed by atoms with E-state index in [1.165, 1.54) is 11.1 Å². The highest BCUT2D eigenvalue weighted by molar-refractivity contribution is 5.92. The number of nitrogens with one attached hydrogen (secondary N) is 1. The Morgan fingerprint density at radius 3 is 2.44 bits per heavy atom. The molecule has 2 amide bonds. The number of hydrogen-bond donors (Lipinski definition) is 1. The summed E-state index contributed by atoms with van der Waals surface area (Å²) in [5.41, 5.74) is 4.08.